The molecule has 0 aliphatic carbocycles. The number of hydrogen-bond acceptors (Lipinski definition) is 3. The summed E-state index contributed by atoms with van der Waals surface area (Å²) in [5, 5.41) is 9.99. The summed E-state index contributed by atoms with van der Waals surface area (Å²) in [6.45, 7) is 4.40. The van der Waals surface area contributed by atoms with Gasteiger partial charge in [0.1, 0.15) is 0 Å². The minimum absolute atomic E-state index is 0.0371. The monoisotopic (exact) mass is 222 g/mol. The van der Waals surface area contributed by atoms with E-state index in [1.165, 1.54) is 11.1 Å². The Balaban J connectivity index is 3.15. The third-order valence-corrected chi connectivity index (χ3v) is 2.92. The molecule has 2 atom stereocenters. The average molecular weight is 222 g/mol. The Morgan fingerprint density at radius 3 is 2.44 bits per heavy atom. The molecule has 1 aromatic rings. The largest absolute Gasteiger partial charge is 0.390 e. The second-order valence-electron chi connectivity index (χ2n) is 4.57. The summed E-state index contributed by atoms with van der Waals surface area (Å²) in [6, 6.07) is 6.26. The molecule has 1 aromatic carbocycles. The van der Waals surface area contributed by atoms with Crippen molar-refractivity contribution in [1.82, 2.24) is 4.90 Å². The molecule has 0 bridgehead atoms. The fraction of sp³-hybridized carbons (Fsp3) is 0.538. The first-order valence-corrected chi connectivity index (χ1v) is 5.59. The van der Waals surface area contributed by atoms with E-state index in [1.54, 1.807) is 0 Å². The van der Waals surface area contributed by atoms with Gasteiger partial charge in [-0.3, -0.25) is 0 Å². The fourth-order valence-corrected chi connectivity index (χ4v) is 2.04. The number of aliphatic hydroxyl groups is 1. The van der Waals surface area contributed by atoms with Gasteiger partial charge in [-0.2, -0.15) is 0 Å². The number of nitrogens with two attached hydrogens (primary N) is 1. The number of benzene rings is 1. The first-order chi connectivity index (χ1) is 7.47. The number of hydrogen-bond donors (Lipinski definition) is 2. The highest BCUT2D eigenvalue weighted by atomic mass is 16.3. The van der Waals surface area contributed by atoms with Crippen molar-refractivity contribution >= 4 is 0 Å². The highest BCUT2D eigenvalue weighted by Crippen LogP contribution is 2.25. The van der Waals surface area contributed by atoms with E-state index < -0.39 is 6.10 Å². The van der Waals surface area contributed by atoms with Crippen molar-refractivity contribution < 1.29 is 5.11 Å². The number of rotatable bonds is 4. The van der Waals surface area contributed by atoms with Crippen molar-refractivity contribution in [2.24, 2.45) is 5.73 Å². The lowest BCUT2D eigenvalue weighted by Gasteiger charge is -2.30. The van der Waals surface area contributed by atoms with Gasteiger partial charge in [-0.25, -0.2) is 0 Å². The van der Waals surface area contributed by atoms with Gasteiger partial charge in [0.25, 0.3) is 0 Å². The maximum Gasteiger partial charge on any atom is 0.0858 e. The Bertz CT molecular complexity index is 350. The number of aliphatic hydroxyl groups excluding tert-OH is 1. The highest BCUT2D eigenvalue weighted by Gasteiger charge is 2.23. The van der Waals surface area contributed by atoms with Crippen LogP contribution in [-0.2, 0) is 0 Å². The summed E-state index contributed by atoms with van der Waals surface area (Å²) in [6.07, 6.45) is -0.532. The summed E-state index contributed by atoms with van der Waals surface area (Å²) >= 11 is 0. The minimum Gasteiger partial charge on any atom is -0.390 e. The van der Waals surface area contributed by atoms with E-state index in [9.17, 15) is 5.11 Å². The predicted molar refractivity (Wildman–Crippen MR) is 67.4 cm³/mol. The molecule has 0 aliphatic rings. The molecule has 0 heterocycles. The Hall–Kier alpha value is -0.900. The molecule has 90 valence electrons. The molecule has 0 amide bonds. The van der Waals surface area contributed by atoms with Gasteiger partial charge in [0.15, 0.2) is 0 Å². The van der Waals surface area contributed by atoms with Crippen LogP contribution in [0.1, 0.15) is 22.7 Å². The van der Waals surface area contributed by atoms with E-state index in [2.05, 4.69) is 32.0 Å². The third-order valence-electron chi connectivity index (χ3n) is 2.92. The molecule has 3 heteroatoms. The number of aryl methyl sites for hydroxylation is 2. The van der Waals surface area contributed by atoms with Gasteiger partial charge in [-0.1, -0.05) is 23.8 Å². The van der Waals surface area contributed by atoms with Crippen LogP contribution in [0.15, 0.2) is 18.2 Å². The molecule has 2 unspecified atom stereocenters. The standard InChI is InChI=1S/C13H22N2O/c1-9-5-6-10(2)11(7-9)13(15(3)4)12(16)8-14/h5-7,12-13,16H,8,14H2,1-4H3. The molecule has 16 heavy (non-hydrogen) atoms. The van der Waals surface area contributed by atoms with Gasteiger partial charge in [0, 0.05) is 6.54 Å². The van der Waals surface area contributed by atoms with Crippen molar-refractivity contribution in [2.75, 3.05) is 20.6 Å². The second-order valence-corrected chi connectivity index (χ2v) is 4.57. The zero-order valence-corrected chi connectivity index (χ0v) is 10.6. The Labute approximate surface area is 97.9 Å². The van der Waals surface area contributed by atoms with Gasteiger partial charge in [0.2, 0.25) is 0 Å². The van der Waals surface area contributed by atoms with E-state index in [-0.39, 0.29) is 12.6 Å². The zero-order chi connectivity index (χ0) is 12.3. The van der Waals surface area contributed by atoms with Gasteiger partial charge in [0.05, 0.1) is 12.1 Å². The van der Waals surface area contributed by atoms with Crippen LogP contribution in [0.25, 0.3) is 0 Å². The quantitative estimate of drug-likeness (QED) is 0.805. The van der Waals surface area contributed by atoms with Crippen LogP contribution in [0.4, 0.5) is 0 Å². The van der Waals surface area contributed by atoms with Crippen molar-refractivity contribution in [3.63, 3.8) is 0 Å². The van der Waals surface area contributed by atoms with Crippen LogP contribution in [-0.4, -0.2) is 36.8 Å². The predicted octanol–water partition coefficient (Wildman–Crippen LogP) is 1.23. The smallest absolute Gasteiger partial charge is 0.0858 e. The molecular weight excluding hydrogens is 200 g/mol. The molecule has 1 rings (SSSR count). The van der Waals surface area contributed by atoms with Gasteiger partial charge >= 0.3 is 0 Å². The van der Waals surface area contributed by atoms with Crippen LogP contribution < -0.4 is 5.73 Å². The summed E-state index contributed by atoms with van der Waals surface area (Å²) in [5.41, 5.74) is 9.11. The maximum atomic E-state index is 9.99. The van der Waals surface area contributed by atoms with Crippen molar-refractivity contribution in [1.29, 1.82) is 0 Å². The van der Waals surface area contributed by atoms with Gasteiger partial charge in [-0.05, 0) is 39.1 Å². The van der Waals surface area contributed by atoms with E-state index in [0.717, 1.165) is 5.56 Å². The lowest BCUT2D eigenvalue weighted by atomic mass is 9.94. The second kappa shape index (κ2) is 5.43. The lowest BCUT2D eigenvalue weighted by molar-refractivity contribution is 0.0820. The molecule has 0 aliphatic heterocycles. The van der Waals surface area contributed by atoms with Crippen LogP contribution in [0, 0.1) is 13.8 Å². The maximum absolute atomic E-state index is 9.99. The summed E-state index contributed by atoms with van der Waals surface area (Å²) in [4.78, 5) is 2.01. The summed E-state index contributed by atoms with van der Waals surface area (Å²) in [7, 11) is 3.93. The number of nitrogens with zero attached hydrogens (tertiary/aromatic N) is 1. The molecule has 0 saturated carbocycles. The normalized spacial score (nSPS) is 15.2. The van der Waals surface area contributed by atoms with Crippen molar-refractivity contribution in [2.45, 2.75) is 26.0 Å². The van der Waals surface area contributed by atoms with Crippen LogP contribution in [0.5, 0.6) is 0 Å². The molecule has 3 N–H and O–H groups in total. The first kappa shape index (κ1) is 13.2. The van der Waals surface area contributed by atoms with Crippen molar-refractivity contribution in [3.8, 4) is 0 Å². The van der Waals surface area contributed by atoms with Gasteiger partial charge in [-0.15, -0.1) is 0 Å². The lowest BCUT2D eigenvalue weighted by Crippen LogP contribution is -2.36. The van der Waals surface area contributed by atoms with Crippen LogP contribution in [0.3, 0.4) is 0 Å². The van der Waals surface area contributed by atoms with Crippen LogP contribution in [0.2, 0.25) is 0 Å². The molecule has 0 spiro atoms. The average Bonchev–Trinajstić information content (AvgIpc) is 2.22. The van der Waals surface area contributed by atoms with Gasteiger partial charge < -0.3 is 15.7 Å². The minimum atomic E-state index is -0.532. The molecule has 0 saturated heterocycles. The van der Waals surface area contributed by atoms with E-state index in [4.69, 9.17) is 5.73 Å². The van der Waals surface area contributed by atoms with E-state index >= 15 is 0 Å². The zero-order valence-electron chi connectivity index (χ0n) is 10.6. The Morgan fingerprint density at radius 1 is 1.31 bits per heavy atom. The fourth-order valence-electron chi connectivity index (χ4n) is 2.04. The van der Waals surface area contributed by atoms with Crippen LogP contribution >= 0.6 is 0 Å². The molecule has 0 aromatic heterocycles. The summed E-state index contributed by atoms with van der Waals surface area (Å²) in [5.74, 6) is 0. The van der Waals surface area contributed by atoms with E-state index in [0.29, 0.717) is 0 Å². The Morgan fingerprint density at radius 2 is 1.94 bits per heavy atom. The molecular formula is C13H22N2O. The highest BCUT2D eigenvalue weighted by molar-refractivity contribution is 5.33. The summed E-state index contributed by atoms with van der Waals surface area (Å²) < 4.78 is 0. The first-order valence-electron chi connectivity index (χ1n) is 5.59. The Kier molecular flexibility index (Phi) is 4.47. The SMILES string of the molecule is Cc1ccc(C)c(C(C(O)CN)N(C)C)c1. The topological polar surface area (TPSA) is 49.5 Å². The molecule has 0 fully saturated rings. The number of likely N-dealkylation sites (N-methyl/N-ethyl adjacent to an activating group) is 1. The third kappa shape index (κ3) is 2.82. The van der Waals surface area contributed by atoms with E-state index in [1.807, 2.05) is 19.0 Å². The van der Waals surface area contributed by atoms with Crippen molar-refractivity contribution in [3.05, 3.63) is 34.9 Å². The molecule has 0 radical (unpaired) electrons. The molecule has 3 nitrogen and oxygen atoms in total.